The minimum absolute atomic E-state index is 0.0582. The van der Waals surface area contributed by atoms with Gasteiger partial charge in [0.25, 0.3) is 0 Å². The third kappa shape index (κ3) is 2.40. The van der Waals surface area contributed by atoms with E-state index in [1.165, 1.54) is 11.3 Å². The molecule has 0 bridgehead atoms. The number of aliphatic imine (C=N–C) groups is 1. The van der Waals surface area contributed by atoms with E-state index in [4.69, 9.17) is 4.99 Å². The molecular formula is C19H19N3O. The van der Waals surface area contributed by atoms with E-state index in [0.29, 0.717) is 0 Å². The van der Waals surface area contributed by atoms with Crippen LogP contribution in [0.1, 0.15) is 18.4 Å². The summed E-state index contributed by atoms with van der Waals surface area (Å²) in [5, 5.41) is 0. The first-order valence-corrected chi connectivity index (χ1v) is 8.02. The standard InChI is InChI=1S/C19H19N3O/c1-21-17-10-4-5-11-18(17)22(19(21)23)12-6-8-15-13-14-7-2-3-9-16(14)20-15/h2-5,7,9-11H,6,8,12-13H2,1H3. The molecule has 1 aliphatic heterocycles. The van der Waals surface area contributed by atoms with E-state index >= 15 is 0 Å². The summed E-state index contributed by atoms with van der Waals surface area (Å²) in [5.41, 5.74) is 5.69. The minimum Gasteiger partial charge on any atom is -0.295 e. The average molecular weight is 305 g/mol. The SMILES string of the molecule is Cn1c(=O)n(CCCC2=Nc3ccccc3C2)c2ccccc21. The zero-order chi connectivity index (χ0) is 15.8. The fourth-order valence-electron chi connectivity index (χ4n) is 3.36. The number of benzene rings is 2. The van der Waals surface area contributed by atoms with E-state index < -0.39 is 0 Å². The van der Waals surface area contributed by atoms with Crippen molar-refractivity contribution in [1.82, 2.24) is 9.13 Å². The molecular weight excluding hydrogens is 286 g/mol. The Labute approximate surface area is 134 Å². The van der Waals surface area contributed by atoms with Crippen LogP contribution in [0.2, 0.25) is 0 Å². The van der Waals surface area contributed by atoms with Crippen LogP contribution in [0.4, 0.5) is 5.69 Å². The van der Waals surface area contributed by atoms with Crippen molar-refractivity contribution in [3.8, 4) is 0 Å². The van der Waals surface area contributed by atoms with Gasteiger partial charge in [0.1, 0.15) is 0 Å². The van der Waals surface area contributed by atoms with Crippen molar-refractivity contribution >= 4 is 22.4 Å². The normalized spacial score (nSPS) is 13.3. The minimum atomic E-state index is 0.0582. The van der Waals surface area contributed by atoms with Gasteiger partial charge in [0.2, 0.25) is 0 Å². The molecule has 116 valence electrons. The quantitative estimate of drug-likeness (QED) is 0.727. The maximum atomic E-state index is 12.4. The van der Waals surface area contributed by atoms with E-state index in [2.05, 4.69) is 18.2 Å². The number of hydrogen-bond acceptors (Lipinski definition) is 2. The van der Waals surface area contributed by atoms with Crippen LogP contribution in [0.15, 0.2) is 58.3 Å². The molecule has 2 heterocycles. The number of fused-ring (bicyclic) bond motifs is 2. The van der Waals surface area contributed by atoms with Crippen molar-refractivity contribution in [2.75, 3.05) is 0 Å². The Morgan fingerprint density at radius 2 is 1.78 bits per heavy atom. The summed E-state index contributed by atoms with van der Waals surface area (Å²) >= 11 is 0. The Morgan fingerprint density at radius 3 is 2.61 bits per heavy atom. The summed E-state index contributed by atoms with van der Waals surface area (Å²) < 4.78 is 3.59. The smallest absolute Gasteiger partial charge is 0.295 e. The van der Waals surface area contributed by atoms with E-state index in [0.717, 1.165) is 42.5 Å². The van der Waals surface area contributed by atoms with Crippen LogP contribution in [-0.2, 0) is 20.0 Å². The van der Waals surface area contributed by atoms with Crippen LogP contribution in [0.3, 0.4) is 0 Å². The summed E-state index contributed by atoms with van der Waals surface area (Å²) in [6.07, 6.45) is 2.81. The molecule has 0 N–H and O–H groups in total. The first kappa shape index (κ1) is 14.0. The van der Waals surface area contributed by atoms with Crippen molar-refractivity contribution in [3.05, 3.63) is 64.6 Å². The Hall–Kier alpha value is -2.62. The molecule has 23 heavy (non-hydrogen) atoms. The Balaban J connectivity index is 1.49. The summed E-state index contributed by atoms with van der Waals surface area (Å²) in [6, 6.07) is 16.3. The zero-order valence-corrected chi connectivity index (χ0v) is 13.2. The average Bonchev–Trinajstić information content (AvgIpc) is 3.09. The maximum Gasteiger partial charge on any atom is 0.328 e. The summed E-state index contributed by atoms with van der Waals surface area (Å²) in [5.74, 6) is 0. The Morgan fingerprint density at radius 1 is 1.04 bits per heavy atom. The molecule has 0 amide bonds. The molecule has 0 saturated carbocycles. The summed E-state index contributed by atoms with van der Waals surface area (Å²) in [4.78, 5) is 17.1. The largest absolute Gasteiger partial charge is 0.328 e. The summed E-state index contributed by atoms with van der Waals surface area (Å²) in [6.45, 7) is 0.732. The maximum absolute atomic E-state index is 12.4. The number of imidazole rings is 1. The fourth-order valence-corrected chi connectivity index (χ4v) is 3.36. The molecule has 3 aromatic rings. The molecule has 0 fully saturated rings. The molecule has 0 radical (unpaired) electrons. The topological polar surface area (TPSA) is 39.3 Å². The number of aryl methyl sites for hydroxylation is 2. The van der Waals surface area contributed by atoms with Gasteiger partial charge in [0.05, 0.1) is 16.7 Å². The predicted octanol–water partition coefficient (Wildman–Crippen LogP) is 3.45. The molecule has 4 heteroatoms. The number of rotatable bonds is 4. The van der Waals surface area contributed by atoms with Gasteiger partial charge in [-0.25, -0.2) is 4.79 Å². The lowest BCUT2D eigenvalue weighted by Crippen LogP contribution is -2.22. The van der Waals surface area contributed by atoms with Crippen molar-refractivity contribution in [3.63, 3.8) is 0 Å². The predicted molar refractivity (Wildman–Crippen MR) is 93.7 cm³/mol. The highest BCUT2D eigenvalue weighted by Gasteiger charge is 2.14. The van der Waals surface area contributed by atoms with E-state index in [9.17, 15) is 4.79 Å². The second-order valence-electron chi connectivity index (χ2n) is 6.07. The fraction of sp³-hybridized carbons (Fsp3) is 0.263. The Kier molecular flexibility index (Phi) is 3.37. The van der Waals surface area contributed by atoms with Crippen molar-refractivity contribution < 1.29 is 0 Å². The molecule has 1 aliphatic rings. The van der Waals surface area contributed by atoms with Gasteiger partial charge in [-0.3, -0.25) is 14.1 Å². The van der Waals surface area contributed by atoms with Gasteiger partial charge in [-0.1, -0.05) is 30.3 Å². The lowest BCUT2D eigenvalue weighted by molar-refractivity contribution is 0.635. The molecule has 1 aromatic heterocycles. The van der Waals surface area contributed by atoms with Gasteiger partial charge >= 0.3 is 5.69 Å². The number of hydrogen-bond donors (Lipinski definition) is 0. The zero-order valence-electron chi connectivity index (χ0n) is 13.2. The molecule has 4 rings (SSSR count). The molecule has 4 nitrogen and oxygen atoms in total. The summed E-state index contributed by atoms with van der Waals surface area (Å²) in [7, 11) is 1.83. The lowest BCUT2D eigenvalue weighted by atomic mass is 10.1. The molecule has 0 aliphatic carbocycles. The van der Waals surface area contributed by atoms with Gasteiger partial charge in [-0.2, -0.15) is 0 Å². The molecule has 0 saturated heterocycles. The highest BCUT2D eigenvalue weighted by Crippen LogP contribution is 2.27. The van der Waals surface area contributed by atoms with Crippen LogP contribution in [0.5, 0.6) is 0 Å². The van der Waals surface area contributed by atoms with Crippen molar-refractivity contribution in [2.45, 2.75) is 25.8 Å². The highest BCUT2D eigenvalue weighted by molar-refractivity contribution is 5.93. The lowest BCUT2D eigenvalue weighted by Gasteiger charge is -2.03. The van der Waals surface area contributed by atoms with Crippen LogP contribution in [0.25, 0.3) is 11.0 Å². The second kappa shape index (κ2) is 5.54. The van der Waals surface area contributed by atoms with Crippen LogP contribution >= 0.6 is 0 Å². The number of aromatic nitrogens is 2. The van der Waals surface area contributed by atoms with Crippen molar-refractivity contribution in [1.29, 1.82) is 0 Å². The van der Waals surface area contributed by atoms with E-state index in [-0.39, 0.29) is 5.69 Å². The first-order valence-electron chi connectivity index (χ1n) is 8.02. The van der Waals surface area contributed by atoms with E-state index in [1.807, 2.05) is 41.9 Å². The molecule has 0 atom stereocenters. The number of para-hydroxylation sites is 3. The van der Waals surface area contributed by atoms with Crippen LogP contribution < -0.4 is 5.69 Å². The third-order valence-corrected chi connectivity index (χ3v) is 4.56. The van der Waals surface area contributed by atoms with E-state index in [1.54, 1.807) is 4.57 Å². The van der Waals surface area contributed by atoms with Crippen LogP contribution in [0, 0.1) is 0 Å². The number of nitrogens with zero attached hydrogens (tertiary/aromatic N) is 3. The third-order valence-electron chi connectivity index (χ3n) is 4.56. The second-order valence-corrected chi connectivity index (χ2v) is 6.07. The van der Waals surface area contributed by atoms with Gasteiger partial charge < -0.3 is 0 Å². The first-order chi connectivity index (χ1) is 11.2. The monoisotopic (exact) mass is 305 g/mol. The molecule has 0 unspecified atom stereocenters. The molecule has 2 aromatic carbocycles. The Bertz CT molecular complexity index is 962. The van der Waals surface area contributed by atoms with Gasteiger partial charge in [-0.15, -0.1) is 0 Å². The highest BCUT2D eigenvalue weighted by atomic mass is 16.1. The van der Waals surface area contributed by atoms with Gasteiger partial charge in [0.15, 0.2) is 0 Å². The van der Waals surface area contributed by atoms with Gasteiger partial charge in [0, 0.05) is 25.7 Å². The molecule has 0 spiro atoms. The van der Waals surface area contributed by atoms with Crippen LogP contribution in [-0.4, -0.2) is 14.8 Å². The van der Waals surface area contributed by atoms with Gasteiger partial charge in [-0.05, 0) is 36.6 Å². The van der Waals surface area contributed by atoms with Crippen molar-refractivity contribution in [2.24, 2.45) is 12.0 Å².